The second kappa shape index (κ2) is 7.23. The van der Waals surface area contributed by atoms with Gasteiger partial charge in [0.2, 0.25) is 0 Å². The van der Waals surface area contributed by atoms with Crippen LogP contribution in [-0.2, 0) is 4.79 Å². The summed E-state index contributed by atoms with van der Waals surface area (Å²) in [4.78, 5) is 14.1. The number of nitrogens with one attached hydrogen (secondary N) is 1. The quantitative estimate of drug-likeness (QED) is 0.703. The first kappa shape index (κ1) is 13.0. The number of nitrogens with zero attached hydrogens (tertiary/aromatic N) is 2. The normalized spacial score (nSPS) is 9.59. The summed E-state index contributed by atoms with van der Waals surface area (Å²) < 4.78 is 0. The Balaban J connectivity index is 2.18. The lowest BCUT2D eigenvalue weighted by molar-refractivity contribution is -0.137. The molecule has 1 heterocycles. The number of carboxylic acid groups (broad SMARTS) is 1. The van der Waals surface area contributed by atoms with Crippen LogP contribution in [0.15, 0.2) is 18.3 Å². The van der Waals surface area contributed by atoms with Crippen LogP contribution in [-0.4, -0.2) is 22.6 Å². The molecule has 2 N–H and O–H groups in total. The molecule has 17 heavy (non-hydrogen) atoms. The number of aromatic nitrogens is 1. The van der Waals surface area contributed by atoms with Crippen molar-refractivity contribution in [1.29, 1.82) is 5.26 Å². The highest BCUT2D eigenvalue weighted by Crippen LogP contribution is 2.08. The minimum atomic E-state index is -0.745. The van der Waals surface area contributed by atoms with Crippen LogP contribution < -0.4 is 5.32 Å². The van der Waals surface area contributed by atoms with Gasteiger partial charge in [0.05, 0.1) is 0 Å². The first-order valence-electron chi connectivity index (χ1n) is 5.54. The van der Waals surface area contributed by atoms with Gasteiger partial charge < -0.3 is 10.4 Å². The molecule has 5 nitrogen and oxygen atoms in total. The Kier molecular flexibility index (Phi) is 5.52. The Labute approximate surface area is 100 Å². The van der Waals surface area contributed by atoms with E-state index in [1.165, 1.54) is 0 Å². The Morgan fingerprint density at radius 2 is 2.29 bits per heavy atom. The standard InChI is InChI=1S/C12H15N3O2/c13-9-11-8-10(5-7-15-11)14-6-3-1-2-4-12(16)17/h5,7-8H,1-4,6H2,(H,14,15)(H,16,17). The molecular formula is C12H15N3O2. The molecule has 0 unspecified atom stereocenters. The minimum absolute atomic E-state index is 0.230. The van der Waals surface area contributed by atoms with E-state index in [-0.39, 0.29) is 6.42 Å². The molecular weight excluding hydrogens is 218 g/mol. The lowest BCUT2D eigenvalue weighted by atomic mass is 10.2. The molecule has 0 aromatic carbocycles. The smallest absolute Gasteiger partial charge is 0.303 e. The average molecular weight is 233 g/mol. The summed E-state index contributed by atoms with van der Waals surface area (Å²) in [6, 6.07) is 5.47. The van der Waals surface area contributed by atoms with E-state index in [4.69, 9.17) is 10.4 Å². The molecule has 1 aromatic heterocycles. The highest BCUT2D eigenvalue weighted by Gasteiger charge is 1.97. The fraction of sp³-hybridized carbons (Fsp3) is 0.417. The third-order valence-electron chi connectivity index (χ3n) is 2.27. The monoisotopic (exact) mass is 233 g/mol. The van der Waals surface area contributed by atoms with E-state index >= 15 is 0 Å². The zero-order chi connectivity index (χ0) is 12.5. The third-order valence-corrected chi connectivity index (χ3v) is 2.27. The second-order valence-corrected chi connectivity index (χ2v) is 3.67. The first-order chi connectivity index (χ1) is 8.22. The Bertz CT molecular complexity index is 412. The van der Waals surface area contributed by atoms with Crippen LogP contribution in [0.1, 0.15) is 31.4 Å². The number of carboxylic acids is 1. The molecule has 90 valence electrons. The van der Waals surface area contributed by atoms with E-state index in [1.807, 2.05) is 6.07 Å². The Morgan fingerprint density at radius 1 is 1.47 bits per heavy atom. The van der Waals surface area contributed by atoms with E-state index in [2.05, 4.69) is 10.3 Å². The summed E-state index contributed by atoms with van der Waals surface area (Å²) in [6.45, 7) is 0.772. The number of nitriles is 1. The molecule has 0 aliphatic rings. The third kappa shape index (κ3) is 5.52. The van der Waals surface area contributed by atoms with Crippen molar-refractivity contribution in [3.05, 3.63) is 24.0 Å². The van der Waals surface area contributed by atoms with Gasteiger partial charge in [-0.3, -0.25) is 4.79 Å². The highest BCUT2D eigenvalue weighted by atomic mass is 16.4. The maximum Gasteiger partial charge on any atom is 0.303 e. The number of pyridine rings is 1. The van der Waals surface area contributed by atoms with Crippen molar-refractivity contribution in [3.63, 3.8) is 0 Å². The largest absolute Gasteiger partial charge is 0.481 e. The maximum absolute atomic E-state index is 10.3. The van der Waals surface area contributed by atoms with Gasteiger partial charge >= 0.3 is 5.97 Å². The van der Waals surface area contributed by atoms with Crippen LogP contribution in [0.3, 0.4) is 0 Å². The van der Waals surface area contributed by atoms with E-state index < -0.39 is 5.97 Å². The number of hydrogen-bond acceptors (Lipinski definition) is 4. The number of aliphatic carboxylic acids is 1. The zero-order valence-corrected chi connectivity index (χ0v) is 9.52. The molecule has 0 aliphatic heterocycles. The summed E-state index contributed by atoms with van der Waals surface area (Å²) in [5.74, 6) is -0.745. The fourth-order valence-corrected chi connectivity index (χ4v) is 1.41. The van der Waals surface area contributed by atoms with Gasteiger partial charge in [-0.25, -0.2) is 4.98 Å². The molecule has 0 saturated carbocycles. The van der Waals surface area contributed by atoms with Crippen molar-refractivity contribution in [2.24, 2.45) is 0 Å². The number of anilines is 1. The second-order valence-electron chi connectivity index (χ2n) is 3.67. The van der Waals surface area contributed by atoms with Crippen molar-refractivity contribution < 1.29 is 9.90 Å². The van der Waals surface area contributed by atoms with Crippen molar-refractivity contribution in [3.8, 4) is 6.07 Å². The van der Waals surface area contributed by atoms with Crippen molar-refractivity contribution in [2.45, 2.75) is 25.7 Å². The van der Waals surface area contributed by atoms with Crippen molar-refractivity contribution in [1.82, 2.24) is 4.98 Å². The fourth-order valence-electron chi connectivity index (χ4n) is 1.41. The molecule has 0 spiro atoms. The summed E-state index contributed by atoms with van der Waals surface area (Å²) in [5, 5.41) is 20.3. The molecule has 0 amide bonds. The van der Waals surface area contributed by atoms with Crippen LogP contribution in [0.4, 0.5) is 5.69 Å². The summed E-state index contributed by atoms with van der Waals surface area (Å²) in [7, 11) is 0. The van der Waals surface area contributed by atoms with Gasteiger partial charge in [-0.1, -0.05) is 6.42 Å². The van der Waals surface area contributed by atoms with Gasteiger partial charge in [-0.05, 0) is 25.0 Å². The summed E-state index contributed by atoms with van der Waals surface area (Å²) in [5.41, 5.74) is 1.26. The predicted molar refractivity (Wildman–Crippen MR) is 63.5 cm³/mol. The van der Waals surface area contributed by atoms with Crippen LogP contribution in [0.25, 0.3) is 0 Å². The lowest BCUT2D eigenvalue weighted by Crippen LogP contribution is -2.02. The first-order valence-corrected chi connectivity index (χ1v) is 5.54. The van der Waals surface area contributed by atoms with Crippen molar-refractivity contribution >= 4 is 11.7 Å². The van der Waals surface area contributed by atoms with E-state index in [1.54, 1.807) is 18.3 Å². The molecule has 0 fully saturated rings. The van der Waals surface area contributed by atoms with Crippen LogP contribution in [0, 0.1) is 11.3 Å². The van der Waals surface area contributed by atoms with Gasteiger partial charge in [0.25, 0.3) is 0 Å². The molecule has 5 heteroatoms. The molecule has 1 aromatic rings. The minimum Gasteiger partial charge on any atom is -0.481 e. The number of hydrogen-bond donors (Lipinski definition) is 2. The molecule has 0 saturated heterocycles. The average Bonchev–Trinajstić information content (AvgIpc) is 2.33. The van der Waals surface area contributed by atoms with Crippen molar-refractivity contribution in [2.75, 3.05) is 11.9 Å². The van der Waals surface area contributed by atoms with Gasteiger partial charge in [-0.2, -0.15) is 5.26 Å². The highest BCUT2D eigenvalue weighted by molar-refractivity contribution is 5.66. The van der Waals surface area contributed by atoms with E-state index in [0.29, 0.717) is 12.1 Å². The predicted octanol–water partition coefficient (Wildman–Crippen LogP) is 2.01. The molecule has 0 bridgehead atoms. The van der Waals surface area contributed by atoms with Gasteiger partial charge in [-0.15, -0.1) is 0 Å². The van der Waals surface area contributed by atoms with Gasteiger partial charge in [0, 0.05) is 24.8 Å². The SMILES string of the molecule is N#Cc1cc(NCCCCCC(=O)O)ccn1. The number of carbonyl (C=O) groups is 1. The lowest BCUT2D eigenvalue weighted by Gasteiger charge is -2.05. The molecule has 0 radical (unpaired) electrons. The number of rotatable bonds is 7. The molecule has 0 aliphatic carbocycles. The van der Waals surface area contributed by atoms with Crippen LogP contribution >= 0.6 is 0 Å². The Morgan fingerprint density at radius 3 is 3.00 bits per heavy atom. The zero-order valence-electron chi connectivity index (χ0n) is 9.52. The van der Waals surface area contributed by atoms with Gasteiger partial charge in [0.1, 0.15) is 11.8 Å². The van der Waals surface area contributed by atoms with E-state index in [0.717, 1.165) is 25.1 Å². The summed E-state index contributed by atoms with van der Waals surface area (Å²) >= 11 is 0. The van der Waals surface area contributed by atoms with Crippen LogP contribution in [0.2, 0.25) is 0 Å². The number of unbranched alkanes of at least 4 members (excludes halogenated alkanes) is 2. The molecule has 0 atom stereocenters. The maximum atomic E-state index is 10.3. The van der Waals surface area contributed by atoms with Crippen LogP contribution in [0.5, 0.6) is 0 Å². The van der Waals surface area contributed by atoms with E-state index in [9.17, 15) is 4.79 Å². The topological polar surface area (TPSA) is 86.0 Å². The molecule has 1 rings (SSSR count). The summed E-state index contributed by atoms with van der Waals surface area (Å²) in [6.07, 6.45) is 4.32. The van der Waals surface area contributed by atoms with Gasteiger partial charge in [0.15, 0.2) is 0 Å². The Hall–Kier alpha value is -2.09.